The Labute approximate surface area is 167 Å². The molecule has 1 N–H and O–H groups in total. The summed E-state index contributed by atoms with van der Waals surface area (Å²) in [5.41, 5.74) is 5.49. The Morgan fingerprint density at radius 1 is 1.21 bits per heavy atom. The molecule has 1 atom stereocenters. The molecule has 3 aromatic heterocycles. The molecule has 0 fully saturated rings. The number of pyridine rings is 1. The molecule has 2 aliphatic rings. The molecule has 0 bridgehead atoms. The third kappa shape index (κ3) is 2.63. The van der Waals surface area contributed by atoms with Gasteiger partial charge in [-0.3, -0.25) is 9.08 Å². The summed E-state index contributed by atoms with van der Waals surface area (Å²) in [6.45, 7) is 1.91. The highest BCUT2D eigenvalue weighted by molar-refractivity contribution is 5.64. The molecule has 0 spiro atoms. The van der Waals surface area contributed by atoms with Gasteiger partial charge in [0.05, 0.1) is 25.3 Å². The van der Waals surface area contributed by atoms with Gasteiger partial charge >= 0.3 is 0 Å². The van der Waals surface area contributed by atoms with Crippen molar-refractivity contribution in [3.05, 3.63) is 65.2 Å². The average molecular weight is 388 g/mol. The van der Waals surface area contributed by atoms with Crippen LogP contribution < -0.4 is 14.8 Å². The fourth-order valence-electron chi connectivity index (χ4n) is 4.33. The van der Waals surface area contributed by atoms with Gasteiger partial charge < -0.3 is 14.8 Å². The first-order valence-electron chi connectivity index (χ1n) is 9.70. The Morgan fingerprint density at radius 2 is 2.10 bits per heavy atom. The van der Waals surface area contributed by atoms with Crippen LogP contribution in [-0.4, -0.2) is 37.6 Å². The first kappa shape index (κ1) is 16.4. The van der Waals surface area contributed by atoms with E-state index in [0.29, 0.717) is 26.2 Å². The lowest BCUT2D eigenvalue weighted by atomic mass is 9.96. The maximum atomic E-state index is 6.32. The number of fused-ring (bicyclic) bond motifs is 3. The quantitative estimate of drug-likeness (QED) is 0.569. The van der Waals surface area contributed by atoms with Gasteiger partial charge in [-0.2, -0.15) is 5.10 Å². The second kappa shape index (κ2) is 6.23. The van der Waals surface area contributed by atoms with Gasteiger partial charge in [-0.25, -0.2) is 0 Å². The molecule has 1 aromatic carbocycles. The second-order valence-electron chi connectivity index (χ2n) is 7.61. The zero-order chi connectivity index (χ0) is 19.4. The van der Waals surface area contributed by atoms with Crippen LogP contribution in [0, 0.1) is 0 Å². The number of aromatic nitrogens is 5. The van der Waals surface area contributed by atoms with Crippen molar-refractivity contribution in [1.82, 2.24) is 24.4 Å². The number of rotatable bonds is 2. The number of benzene rings is 1. The van der Waals surface area contributed by atoms with Crippen LogP contribution in [0.3, 0.4) is 0 Å². The maximum Gasteiger partial charge on any atom is 0.165 e. The van der Waals surface area contributed by atoms with Crippen LogP contribution in [0.15, 0.2) is 43.0 Å². The molecule has 8 nitrogen and oxygen atoms in total. The van der Waals surface area contributed by atoms with E-state index in [1.165, 1.54) is 11.1 Å². The van der Waals surface area contributed by atoms with E-state index in [0.717, 1.165) is 34.1 Å². The van der Waals surface area contributed by atoms with Gasteiger partial charge in [0.2, 0.25) is 0 Å². The highest BCUT2D eigenvalue weighted by Crippen LogP contribution is 2.40. The SMILES string of the molecule is Cn1cc(Cc2cc3c(n4cnnc24)NCc2cccc4c2[C@H](CO4)CO3)cn1. The molecule has 2 aliphatic heterocycles. The number of anilines is 1. The molecule has 0 unspecified atom stereocenters. The number of hydrogen-bond donors (Lipinski definition) is 1. The van der Waals surface area contributed by atoms with E-state index in [1.807, 2.05) is 36.0 Å². The molecule has 0 saturated carbocycles. The molecule has 0 amide bonds. The lowest BCUT2D eigenvalue weighted by Gasteiger charge is -2.16. The van der Waals surface area contributed by atoms with E-state index in [9.17, 15) is 0 Å². The van der Waals surface area contributed by atoms with Crippen LogP contribution in [0.5, 0.6) is 11.5 Å². The molecular weight excluding hydrogens is 368 g/mol. The number of nitrogens with one attached hydrogen (secondary N) is 1. The molecule has 0 radical (unpaired) electrons. The van der Waals surface area contributed by atoms with E-state index in [-0.39, 0.29) is 5.92 Å². The monoisotopic (exact) mass is 388 g/mol. The summed E-state index contributed by atoms with van der Waals surface area (Å²) < 4.78 is 16.0. The van der Waals surface area contributed by atoms with Crippen LogP contribution in [-0.2, 0) is 20.0 Å². The lowest BCUT2D eigenvalue weighted by molar-refractivity contribution is 0.248. The summed E-state index contributed by atoms with van der Waals surface area (Å²) in [6.07, 6.45) is 6.34. The van der Waals surface area contributed by atoms with Gasteiger partial charge in [-0.15, -0.1) is 10.2 Å². The molecule has 29 heavy (non-hydrogen) atoms. The second-order valence-corrected chi connectivity index (χ2v) is 7.61. The zero-order valence-electron chi connectivity index (χ0n) is 16.0. The summed E-state index contributed by atoms with van der Waals surface area (Å²) in [6, 6.07) is 8.31. The van der Waals surface area contributed by atoms with E-state index >= 15 is 0 Å². The van der Waals surface area contributed by atoms with Crippen LogP contribution in [0.4, 0.5) is 5.82 Å². The molecule has 4 aromatic rings. The molecule has 8 heteroatoms. The van der Waals surface area contributed by atoms with Crippen LogP contribution >= 0.6 is 0 Å². The Hall–Kier alpha value is -3.55. The van der Waals surface area contributed by atoms with Crippen molar-refractivity contribution in [3.63, 3.8) is 0 Å². The normalized spacial score (nSPS) is 17.3. The van der Waals surface area contributed by atoms with E-state index < -0.39 is 0 Å². The van der Waals surface area contributed by atoms with Crippen molar-refractivity contribution in [1.29, 1.82) is 0 Å². The summed E-state index contributed by atoms with van der Waals surface area (Å²) in [4.78, 5) is 0. The molecule has 6 rings (SSSR count). The number of aryl methyl sites for hydroxylation is 1. The minimum absolute atomic E-state index is 0.229. The minimum Gasteiger partial charge on any atom is -0.493 e. The van der Waals surface area contributed by atoms with Crippen molar-refractivity contribution in [2.75, 3.05) is 18.5 Å². The van der Waals surface area contributed by atoms with Crippen molar-refractivity contribution < 1.29 is 9.47 Å². The minimum atomic E-state index is 0.229. The smallest absolute Gasteiger partial charge is 0.165 e. The van der Waals surface area contributed by atoms with E-state index in [4.69, 9.17) is 9.47 Å². The lowest BCUT2D eigenvalue weighted by Crippen LogP contribution is -2.13. The van der Waals surface area contributed by atoms with Crippen molar-refractivity contribution in [2.24, 2.45) is 7.05 Å². The molecular formula is C21H20N6O2. The number of hydrogen-bond acceptors (Lipinski definition) is 6. The maximum absolute atomic E-state index is 6.32. The molecule has 5 heterocycles. The summed E-state index contributed by atoms with van der Waals surface area (Å²) in [7, 11) is 1.92. The van der Waals surface area contributed by atoms with E-state index in [2.05, 4.69) is 32.7 Å². The van der Waals surface area contributed by atoms with Gasteiger partial charge in [0.15, 0.2) is 17.2 Å². The van der Waals surface area contributed by atoms with Crippen molar-refractivity contribution >= 4 is 11.5 Å². The van der Waals surface area contributed by atoms with Gasteiger partial charge in [-0.05, 0) is 23.3 Å². The Bertz CT molecular complexity index is 1230. The van der Waals surface area contributed by atoms with Gasteiger partial charge in [0, 0.05) is 37.3 Å². The molecule has 146 valence electrons. The van der Waals surface area contributed by atoms with Crippen LogP contribution in [0.2, 0.25) is 0 Å². The predicted molar refractivity (Wildman–Crippen MR) is 107 cm³/mol. The standard InChI is InChI=1S/C21H20N6O2/c1-26-9-13(7-24-26)5-15-6-18-21(27-12-23-25-20(15)27)22-8-14-3-2-4-17-19(14)16(10-28-17)11-29-18/h2-4,6-7,9,12,16,22H,5,8,10-11H2,1H3/t16-/m1/s1. The molecule has 0 saturated heterocycles. The van der Waals surface area contributed by atoms with E-state index in [1.54, 1.807) is 11.0 Å². The van der Waals surface area contributed by atoms with Crippen LogP contribution in [0.1, 0.15) is 28.2 Å². The first-order chi connectivity index (χ1) is 14.3. The summed E-state index contributed by atoms with van der Waals surface area (Å²) in [5.74, 6) is 2.87. The fourth-order valence-corrected chi connectivity index (χ4v) is 4.33. The largest absolute Gasteiger partial charge is 0.493 e. The number of ether oxygens (including phenoxy) is 2. The Balaban J connectivity index is 1.44. The topological polar surface area (TPSA) is 78.5 Å². The van der Waals surface area contributed by atoms with Crippen molar-refractivity contribution in [2.45, 2.75) is 18.9 Å². The average Bonchev–Trinajstić information content (AvgIpc) is 3.45. The Kier molecular flexibility index (Phi) is 3.53. The van der Waals surface area contributed by atoms with Crippen LogP contribution in [0.25, 0.3) is 5.65 Å². The van der Waals surface area contributed by atoms with Gasteiger partial charge in [0.1, 0.15) is 12.1 Å². The van der Waals surface area contributed by atoms with Gasteiger partial charge in [-0.1, -0.05) is 12.1 Å². The third-order valence-electron chi connectivity index (χ3n) is 5.66. The fraction of sp³-hybridized carbons (Fsp3) is 0.286. The number of nitrogens with zero attached hydrogens (tertiary/aromatic N) is 5. The first-order valence-corrected chi connectivity index (χ1v) is 9.70. The zero-order valence-corrected chi connectivity index (χ0v) is 16.0. The molecule has 0 aliphatic carbocycles. The van der Waals surface area contributed by atoms with Crippen molar-refractivity contribution in [3.8, 4) is 11.5 Å². The summed E-state index contributed by atoms with van der Waals surface area (Å²) in [5, 5.41) is 16.3. The highest BCUT2D eigenvalue weighted by atomic mass is 16.5. The predicted octanol–water partition coefficient (Wildman–Crippen LogP) is 2.53. The van der Waals surface area contributed by atoms with Gasteiger partial charge in [0.25, 0.3) is 0 Å². The summed E-state index contributed by atoms with van der Waals surface area (Å²) >= 11 is 0. The Morgan fingerprint density at radius 3 is 2.97 bits per heavy atom. The highest BCUT2D eigenvalue weighted by Gasteiger charge is 2.29. The third-order valence-corrected chi connectivity index (χ3v) is 5.66.